The molecule has 1 aromatic heterocycles. The molecule has 0 unspecified atom stereocenters. The highest BCUT2D eigenvalue weighted by molar-refractivity contribution is 7.91. The Morgan fingerprint density at radius 1 is 1.29 bits per heavy atom. The van der Waals surface area contributed by atoms with Gasteiger partial charge in [-0.3, -0.25) is 4.79 Å². The van der Waals surface area contributed by atoms with E-state index >= 15 is 0 Å². The monoisotopic (exact) mass is 254 g/mol. The van der Waals surface area contributed by atoms with Crippen molar-refractivity contribution in [1.29, 1.82) is 0 Å². The quantitative estimate of drug-likeness (QED) is 0.720. The van der Waals surface area contributed by atoms with E-state index in [9.17, 15) is 13.2 Å². The van der Waals surface area contributed by atoms with Crippen molar-refractivity contribution in [1.82, 2.24) is 4.98 Å². The highest BCUT2D eigenvalue weighted by Crippen LogP contribution is 2.15. The summed E-state index contributed by atoms with van der Waals surface area (Å²) in [5.74, 6) is 1.04. The maximum absolute atomic E-state index is 11.3. The number of nitrogens with zero attached hydrogens (tertiary/aromatic N) is 2. The van der Waals surface area contributed by atoms with Crippen LogP contribution in [0.1, 0.15) is 17.3 Å². The third kappa shape index (κ3) is 2.82. The van der Waals surface area contributed by atoms with Gasteiger partial charge in [0, 0.05) is 24.8 Å². The van der Waals surface area contributed by atoms with Gasteiger partial charge in [-0.25, -0.2) is 13.4 Å². The van der Waals surface area contributed by atoms with Crippen LogP contribution < -0.4 is 4.90 Å². The van der Waals surface area contributed by atoms with E-state index in [2.05, 4.69) is 4.98 Å². The molecule has 1 fully saturated rings. The van der Waals surface area contributed by atoms with E-state index in [1.54, 1.807) is 12.1 Å². The largest absolute Gasteiger partial charge is 0.355 e. The Bertz CT molecular complexity index is 508. The minimum absolute atomic E-state index is 0.0229. The van der Waals surface area contributed by atoms with Gasteiger partial charge in [0.1, 0.15) is 5.82 Å². The van der Waals surface area contributed by atoms with Gasteiger partial charge in [-0.15, -0.1) is 0 Å². The number of Topliss-reactive ketones (excluding diaryl/α,β-unsaturated/α-hetero) is 1. The lowest BCUT2D eigenvalue weighted by molar-refractivity contribution is 0.101. The molecule has 1 aliphatic rings. The molecule has 2 rings (SSSR count). The van der Waals surface area contributed by atoms with Crippen molar-refractivity contribution in [3.05, 3.63) is 23.9 Å². The fraction of sp³-hybridized carbons (Fsp3) is 0.455. The van der Waals surface area contributed by atoms with Crippen LogP contribution in [0, 0.1) is 0 Å². The first kappa shape index (κ1) is 12.0. The fourth-order valence-electron chi connectivity index (χ4n) is 1.72. The standard InChI is InChI=1S/C11H14N2O3S/c1-9(14)10-2-3-11(12-8-10)13-4-6-17(15,16)7-5-13/h2-3,8H,4-7H2,1H3. The van der Waals surface area contributed by atoms with Crippen LogP contribution in [0.25, 0.3) is 0 Å². The van der Waals surface area contributed by atoms with Gasteiger partial charge in [0.25, 0.3) is 0 Å². The zero-order chi connectivity index (χ0) is 12.5. The molecule has 0 radical (unpaired) electrons. The molecule has 0 atom stereocenters. The number of pyridine rings is 1. The first-order valence-corrected chi connectivity index (χ1v) is 7.22. The summed E-state index contributed by atoms with van der Waals surface area (Å²) in [5, 5.41) is 0. The Morgan fingerprint density at radius 2 is 1.94 bits per heavy atom. The van der Waals surface area contributed by atoms with Crippen molar-refractivity contribution < 1.29 is 13.2 Å². The number of ketones is 1. The van der Waals surface area contributed by atoms with Crippen LogP contribution in [0.3, 0.4) is 0 Å². The number of anilines is 1. The first-order valence-electron chi connectivity index (χ1n) is 5.40. The maximum atomic E-state index is 11.3. The van der Waals surface area contributed by atoms with Gasteiger partial charge in [-0.05, 0) is 19.1 Å². The molecule has 0 bridgehead atoms. The summed E-state index contributed by atoms with van der Waals surface area (Å²) in [4.78, 5) is 17.2. The van der Waals surface area contributed by atoms with Gasteiger partial charge < -0.3 is 4.90 Å². The van der Waals surface area contributed by atoms with E-state index in [0.717, 1.165) is 5.82 Å². The highest BCUT2D eigenvalue weighted by atomic mass is 32.2. The lowest BCUT2D eigenvalue weighted by atomic mass is 10.2. The van der Waals surface area contributed by atoms with Crippen LogP contribution >= 0.6 is 0 Å². The van der Waals surface area contributed by atoms with Crippen molar-refractivity contribution in [2.45, 2.75) is 6.92 Å². The van der Waals surface area contributed by atoms with Crippen molar-refractivity contribution in [3.8, 4) is 0 Å². The second-order valence-electron chi connectivity index (χ2n) is 4.10. The molecule has 92 valence electrons. The molecule has 6 heteroatoms. The Kier molecular flexibility index (Phi) is 3.15. The van der Waals surface area contributed by atoms with Crippen molar-refractivity contribution in [3.63, 3.8) is 0 Å². The maximum Gasteiger partial charge on any atom is 0.161 e. The van der Waals surface area contributed by atoms with E-state index < -0.39 is 9.84 Å². The normalized spacial score (nSPS) is 19.0. The van der Waals surface area contributed by atoms with E-state index in [0.29, 0.717) is 18.7 Å². The van der Waals surface area contributed by atoms with Crippen molar-refractivity contribution in [2.75, 3.05) is 29.5 Å². The van der Waals surface area contributed by atoms with Crippen LogP contribution in [-0.2, 0) is 9.84 Å². The van der Waals surface area contributed by atoms with Gasteiger partial charge in [0.2, 0.25) is 0 Å². The van der Waals surface area contributed by atoms with E-state index in [1.807, 2.05) is 4.90 Å². The molecule has 0 saturated carbocycles. The summed E-state index contributed by atoms with van der Waals surface area (Å²) in [6, 6.07) is 3.47. The minimum Gasteiger partial charge on any atom is -0.355 e. The third-order valence-corrected chi connectivity index (χ3v) is 4.43. The van der Waals surface area contributed by atoms with Gasteiger partial charge in [-0.2, -0.15) is 0 Å². The number of sulfone groups is 1. The van der Waals surface area contributed by atoms with Crippen molar-refractivity contribution in [2.24, 2.45) is 0 Å². The molecule has 0 aliphatic carbocycles. The summed E-state index contributed by atoms with van der Waals surface area (Å²) in [7, 11) is -2.87. The molecule has 0 spiro atoms. The molecule has 1 aromatic rings. The topological polar surface area (TPSA) is 67.3 Å². The van der Waals surface area contributed by atoms with Gasteiger partial charge in [0.05, 0.1) is 11.5 Å². The second kappa shape index (κ2) is 4.44. The summed E-state index contributed by atoms with van der Waals surface area (Å²) in [5.41, 5.74) is 0.568. The molecular weight excluding hydrogens is 240 g/mol. The van der Waals surface area contributed by atoms with E-state index in [-0.39, 0.29) is 17.3 Å². The van der Waals surface area contributed by atoms with Crippen LogP contribution in [0.15, 0.2) is 18.3 Å². The summed E-state index contributed by atoms with van der Waals surface area (Å²) in [6.45, 7) is 2.42. The smallest absolute Gasteiger partial charge is 0.161 e. The summed E-state index contributed by atoms with van der Waals surface area (Å²) in [6.07, 6.45) is 1.53. The zero-order valence-corrected chi connectivity index (χ0v) is 10.4. The van der Waals surface area contributed by atoms with Crippen LogP contribution in [0.5, 0.6) is 0 Å². The average molecular weight is 254 g/mol. The van der Waals surface area contributed by atoms with Gasteiger partial charge in [-0.1, -0.05) is 0 Å². The fourth-order valence-corrected chi connectivity index (χ4v) is 2.92. The lowest BCUT2D eigenvalue weighted by Crippen LogP contribution is -2.40. The number of carbonyl (C=O) groups excluding carboxylic acids is 1. The highest BCUT2D eigenvalue weighted by Gasteiger charge is 2.22. The molecule has 0 N–H and O–H groups in total. The number of rotatable bonds is 2. The number of aromatic nitrogens is 1. The molecule has 17 heavy (non-hydrogen) atoms. The Morgan fingerprint density at radius 3 is 2.41 bits per heavy atom. The van der Waals surface area contributed by atoms with Gasteiger partial charge >= 0.3 is 0 Å². The molecule has 2 heterocycles. The lowest BCUT2D eigenvalue weighted by Gasteiger charge is -2.27. The van der Waals surface area contributed by atoms with E-state index in [4.69, 9.17) is 0 Å². The van der Waals surface area contributed by atoms with Crippen molar-refractivity contribution >= 4 is 21.4 Å². The second-order valence-corrected chi connectivity index (χ2v) is 6.40. The van der Waals surface area contributed by atoms with E-state index in [1.165, 1.54) is 13.1 Å². The molecular formula is C11H14N2O3S. The number of hydrogen-bond acceptors (Lipinski definition) is 5. The Balaban J connectivity index is 2.11. The number of hydrogen-bond donors (Lipinski definition) is 0. The zero-order valence-electron chi connectivity index (χ0n) is 9.59. The van der Waals surface area contributed by atoms with Gasteiger partial charge in [0.15, 0.2) is 15.6 Å². The molecule has 1 saturated heterocycles. The Hall–Kier alpha value is -1.43. The SMILES string of the molecule is CC(=O)c1ccc(N2CCS(=O)(=O)CC2)nc1. The predicted molar refractivity (Wildman–Crippen MR) is 65.1 cm³/mol. The van der Waals surface area contributed by atoms with Crippen LogP contribution in [0.4, 0.5) is 5.82 Å². The molecule has 0 aromatic carbocycles. The summed E-state index contributed by atoms with van der Waals surface area (Å²) >= 11 is 0. The molecule has 1 aliphatic heterocycles. The predicted octanol–water partition coefficient (Wildman–Crippen LogP) is 0.519. The summed E-state index contributed by atoms with van der Waals surface area (Å²) < 4.78 is 22.6. The molecule has 5 nitrogen and oxygen atoms in total. The van der Waals surface area contributed by atoms with Crippen LogP contribution in [0.2, 0.25) is 0 Å². The first-order chi connectivity index (χ1) is 7.98. The number of carbonyl (C=O) groups is 1. The minimum atomic E-state index is -2.87. The Labute approximate surface area is 100 Å². The third-order valence-electron chi connectivity index (χ3n) is 2.82. The average Bonchev–Trinajstić information content (AvgIpc) is 2.29. The molecule has 0 amide bonds. The van der Waals surface area contributed by atoms with Crippen LogP contribution in [-0.4, -0.2) is 43.8 Å².